The molecule has 0 amide bonds. The summed E-state index contributed by atoms with van der Waals surface area (Å²) in [6, 6.07) is 18.8. The van der Waals surface area contributed by atoms with Crippen molar-refractivity contribution in [1.29, 1.82) is 0 Å². The van der Waals surface area contributed by atoms with Gasteiger partial charge in [-0.1, -0.05) is 27.7 Å². The second-order valence-corrected chi connectivity index (χ2v) is 7.78. The molecule has 0 bridgehead atoms. The molecule has 0 saturated heterocycles. The third-order valence-electron chi connectivity index (χ3n) is 4.41. The van der Waals surface area contributed by atoms with Gasteiger partial charge in [-0.3, -0.25) is 0 Å². The summed E-state index contributed by atoms with van der Waals surface area (Å²) in [5.74, 6) is 1.29. The minimum absolute atomic E-state index is 0.00869. The van der Waals surface area contributed by atoms with Crippen molar-refractivity contribution < 1.29 is 14.0 Å². The fourth-order valence-corrected chi connectivity index (χ4v) is 3.74. The highest BCUT2D eigenvalue weighted by Crippen LogP contribution is 2.35. The molecule has 0 aliphatic heterocycles. The highest BCUT2D eigenvalue weighted by molar-refractivity contribution is 7.93. The first-order valence-electron chi connectivity index (χ1n) is 9.77. The van der Waals surface area contributed by atoms with E-state index in [1.807, 2.05) is 68.6 Å². The van der Waals surface area contributed by atoms with E-state index >= 15 is 0 Å². The van der Waals surface area contributed by atoms with Crippen LogP contribution in [0.2, 0.25) is 0 Å². The van der Waals surface area contributed by atoms with Gasteiger partial charge in [-0.25, -0.2) is 8.96 Å². The molecule has 0 aliphatic rings. The summed E-state index contributed by atoms with van der Waals surface area (Å²) in [5.41, 5.74) is 3.34. The number of hydrogen-bond acceptors (Lipinski definition) is 7. The molecule has 7 nitrogen and oxygen atoms in total. The van der Waals surface area contributed by atoms with Gasteiger partial charge in [0.25, 0.3) is 0 Å². The zero-order valence-corrected chi connectivity index (χ0v) is 17.9. The Balaban J connectivity index is 1.68. The highest BCUT2D eigenvalue weighted by Gasteiger charge is 2.15. The Kier molecular flexibility index (Phi) is 6.49. The maximum Gasteiger partial charge on any atom is 0.170 e. The van der Waals surface area contributed by atoms with Gasteiger partial charge in [-0.15, -0.1) is 0 Å². The molecule has 0 aliphatic carbocycles. The lowest BCUT2D eigenvalue weighted by molar-refractivity contribution is -0.0785. The minimum Gasteiger partial charge on any atom is -0.491 e. The lowest BCUT2D eigenvalue weighted by atomic mass is 10.0. The molecule has 0 saturated carbocycles. The van der Waals surface area contributed by atoms with E-state index in [4.69, 9.17) is 14.0 Å². The monoisotopic (exact) mass is 435 g/mol. The van der Waals surface area contributed by atoms with Gasteiger partial charge in [0.15, 0.2) is 23.6 Å². The Morgan fingerprint density at radius 1 is 1.06 bits per heavy atom. The predicted molar refractivity (Wildman–Crippen MR) is 122 cm³/mol. The van der Waals surface area contributed by atoms with Crippen LogP contribution in [0.3, 0.4) is 0 Å². The number of fused-ring (bicyclic) bond motifs is 1. The van der Waals surface area contributed by atoms with Crippen LogP contribution in [0.5, 0.6) is 11.5 Å². The number of pyridine rings is 1. The van der Waals surface area contributed by atoms with E-state index in [-0.39, 0.29) is 12.6 Å². The maximum absolute atomic E-state index is 10.9. The molecule has 4 rings (SSSR count). The van der Waals surface area contributed by atoms with Crippen LogP contribution in [-0.2, 0) is 10.9 Å². The molecule has 2 aromatic carbocycles. The average molecular weight is 436 g/mol. The third-order valence-corrected chi connectivity index (χ3v) is 4.98. The quantitative estimate of drug-likeness (QED) is 0.135. The number of nitrogens with zero attached hydrogens (tertiary/aromatic N) is 3. The summed E-state index contributed by atoms with van der Waals surface area (Å²) in [5, 5.41) is 3.97. The van der Waals surface area contributed by atoms with Crippen LogP contribution in [0.25, 0.3) is 22.2 Å². The Bertz CT molecular complexity index is 1180. The lowest BCUT2D eigenvalue weighted by Crippen LogP contribution is -2.05. The van der Waals surface area contributed by atoms with Crippen LogP contribution in [0.4, 0.5) is 0 Å². The molecule has 0 N–H and O–H groups in total. The zero-order chi connectivity index (χ0) is 21.6. The molecular weight excluding hydrogens is 414 g/mol. The number of rotatable bonds is 9. The second-order valence-electron chi connectivity index (χ2n) is 7.10. The van der Waals surface area contributed by atoms with Crippen molar-refractivity contribution in [2.45, 2.75) is 26.5 Å². The number of aromatic nitrogens is 2. The second kappa shape index (κ2) is 9.63. The molecule has 0 radical (unpaired) electrons. The van der Waals surface area contributed by atoms with Crippen LogP contribution in [0.15, 0.2) is 78.2 Å². The van der Waals surface area contributed by atoms with Crippen LogP contribution in [-0.4, -0.2) is 15.1 Å². The van der Waals surface area contributed by atoms with Crippen LogP contribution in [0, 0.1) is 4.91 Å². The summed E-state index contributed by atoms with van der Waals surface area (Å²) < 4.78 is 13.0. The number of ether oxygens (including phenoxy) is 1. The van der Waals surface area contributed by atoms with Gasteiger partial charge in [0.05, 0.1) is 6.10 Å². The molecular formula is C23H21N3O4S. The van der Waals surface area contributed by atoms with Gasteiger partial charge < -0.3 is 9.62 Å². The summed E-state index contributed by atoms with van der Waals surface area (Å²) in [6.07, 6.45) is 3.65. The SMILES string of the molecule is CC(C)Oc1cc(CN=O)cc(-c2cn(SOOc3ccccc3)c3ncccc23)c1. The fourth-order valence-electron chi connectivity index (χ4n) is 3.20. The van der Waals surface area contributed by atoms with Crippen molar-refractivity contribution in [3.05, 3.63) is 83.5 Å². The van der Waals surface area contributed by atoms with Crippen molar-refractivity contribution >= 4 is 23.3 Å². The van der Waals surface area contributed by atoms with E-state index in [2.05, 4.69) is 10.2 Å². The minimum atomic E-state index is 0.00869. The van der Waals surface area contributed by atoms with Crippen molar-refractivity contribution in [3.8, 4) is 22.6 Å². The molecule has 8 heteroatoms. The number of para-hydroxylation sites is 1. The van der Waals surface area contributed by atoms with Gasteiger partial charge in [0.1, 0.15) is 12.3 Å². The Hall–Kier alpha value is -3.36. The van der Waals surface area contributed by atoms with Gasteiger partial charge in [0.2, 0.25) is 0 Å². The van der Waals surface area contributed by atoms with Crippen LogP contribution < -0.4 is 9.62 Å². The van der Waals surface area contributed by atoms with Gasteiger partial charge >= 0.3 is 0 Å². The molecule has 0 atom stereocenters. The van der Waals surface area contributed by atoms with E-state index in [0.29, 0.717) is 11.5 Å². The third kappa shape index (κ3) is 5.04. The van der Waals surface area contributed by atoms with Crippen molar-refractivity contribution in [2.24, 2.45) is 5.18 Å². The molecule has 31 heavy (non-hydrogen) atoms. The van der Waals surface area contributed by atoms with Crippen molar-refractivity contribution in [2.75, 3.05) is 0 Å². The van der Waals surface area contributed by atoms with Gasteiger partial charge in [-0.2, -0.15) is 4.91 Å². The highest BCUT2D eigenvalue weighted by atomic mass is 32.2. The van der Waals surface area contributed by atoms with E-state index in [1.54, 1.807) is 22.3 Å². The van der Waals surface area contributed by atoms with E-state index in [1.165, 1.54) is 0 Å². The summed E-state index contributed by atoms with van der Waals surface area (Å²) in [4.78, 5) is 20.7. The van der Waals surface area contributed by atoms with Gasteiger partial charge in [-0.05, 0) is 67.4 Å². The molecule has 2 heterocycles. The topological polar surface area (TPSA) is 74.9 Å². The first kappa shape index (κ1) is 20.9. The Labute approximate surface area is 184 Å². The molecule has 158 valence electrons. The number of nitroso groups, excluding NO2 is 1. The van der Waals surface area contributed by atoms with Gasteiger partial charge in [0, 0.05) is 23.3 Å². The first-order valence-corrected chi connectivity index (χ1v) is 10.5. The van der Waals surface area contributed by atoms with E-state index in [0.717, 1.165) is 40.0 Å². The average Bonchev–Trinajstić information content (AvgIpc) is 3.13. The standard InChI is InChI=1S/C23H21N3O4S/c1-16(2)28-20-12-17(14-25-27)11-18(13-20)22-15-26(23-21(22)9-6-10-24-23)31-30-29-19-7-4-3-5-8-19/h3-13,15-16H,14H2,1-2H3. The molecule has 0 fully saturated rings. The van der Waals surface area contributed by atoms with E-state index in [9.17, 15) is 4.91 Å². The summed E-state index contributed by atoms with van der Waals surface area (Å²) in [7, 11) is 0. The summed E-state index contributed by atoms with van der Waals surface area (Å²) in [6.45, 7) is 3.99. The fraction of sp³-hybridized carbons (Fsp3) is 0.174. The predicted octanol–water partition coefficient (Wildman–Crippen LogP) is 6.18. The smallest absolute Gasteiger partial charge is 0.170 e. The van der Waals surface area contributed by atoms with Crippen molar-refractivity contribution in [3.63, 3.8) is 0 Å². The first-order chi connectivity index (χ1) is 15.1. The van der Waals surface area contributed by atoms with Crippen LogP contribution >= 0.6 is 12.2 Å². The normalized spacial score (nSPS) is 11.1. The maximum atomic E-state index is 10.9. The molecule has 0 unspecified atom stereocenters. The molecule has 0 spiro atoms. The lowest BCUT2D eigenvalue weighted by Gasteiger charge is -2.12. The Morgan fingerprint density at radius 3 is 2.68 bits per heavy atom. The van der Waals surface area contributed by atoms with Crippen molar-refractivity contribution in [1.82, 2.24) is 8.96 Å². The number of hydrogen-bond donors (Lipinski definition) is 0. The van der Waals surface area contributed by atoms with E-state index < -0.39 is 0 Å². The molecule has 2 aromatic heterocycles. The Morgan fingerprint density at radius 2 is 1.90 bits per heavy atom. The zero-order valence-electron chi connectivity index (χ0n) is 17.1. The number of benzene rings is 2. The largest absolute Gasteiger partial charge is 0.491 e. The molecule has 4 aromatic rings. The van der Waals surface area contributed by atoms with Crippen LogP contribution in [0.1, 0.15) is 19.4 Å². The summed E-state index contributed by atoms with van der Waals surface area (Å²) >= 11 is 1.02.